The number of allylic oxidation sites excluding steroid dienone is 1. The molecule has 72 valence electrons. The summed E-state index contributed by atoms with van der Waals surface area (Å²) in [5.74, 6) is 0. The second kappa shape index (κ2) is 10.5. The Morgan fingerprint density at radius 2 is 1.75 bits per heavy atom. The molecule has 1 nitrogen and oxygen atoms in total. The molecule has 0 saturated carbocycles. The minimum Gasteiger partial charge on any atom is -0.502 e. The first kappa shape index (κ1) is 11.5. The van der Waals surface area contributed by atoms with Crippen LogP contribution in [0, 0.1) is 0 Å². The number of unbranched alkanes of at least 4 members (excludes halogenated alkanes) is 4. The van der Waals surface area contributed by atoms with E-state index in [2.05, 4.69) is 19.9 Å². The first-order valence-electron chi connectivity index (χ1n) is 5.18. The van der Waals surface area contributed by atoms with Crippen molar-refractivity contribution in [3.63, 3.8) is 0 Å². The second-order valence-electron chi connectivity index (χ2n) is 3.09. The second-order valence-corrected chi connectivity index (χ2v) is 3.09. The Morgan fingerprint density at radius 1 is 1.00 bits per heavy atom. The molecule has 0 rings (SSSR count). The fourth-order valence-electron chi connectivity index (χ4n) is 0.944. The molecule has 0 aromatic heterocycles. The van der Waals surface area contributed by atoms with Gasteiger partial charge in [-0.25, -0.2) is 0 Å². The van der Waals surface area contributed by atoms with Gasteiger partial charge in [-0.05, 0) is 25.3 Å². The monoisotopic (exact) mass is 170 g/mol. The maximum atomic E-state index is 5.27. The van der Waals surface area contributed by atoms with Gasteiger partial charge in [0.25, 0.3) is 0 Å². The molecular weight excluding hydrogens is 148 g/mol. The highest BCUT2D eigenvalue weighted by Gasteiger charge is 1.82. The van der Waals surface area contributed by atoms with E-state index in [-0.39, 0.29) is 0 Å². The van der Waals surface area contributed by atoms with Crippen LogP contribution in [-0.2, 0) is 4.74 Å². The van der Waals surface area contributed by atoms with Gasteiger partial charge in [0.15, 0.2) is 0 Å². The van der Waals surface area contributed by atoms with Crippen LogP contribution in [0.3, 0.4) is 0 Å². The molecule has 0 atom stereocenters. The number of hydrogen-bond acceptors (Lipinski definition) is 1. The van der Waals surface area contributed by atoms with E-state index in [1.807, 2.05) is 6.26 Å². The van der Waals surface area contributed by atoms with E-state index < -0.39 is 0 Å². The van der Waals surface area contributed by atoms with E-state index >= 15 is 0 Å². The van der Waals surface area contributed by atoms with Gasteiger partial charge in [0.2, 0.25) is 0 Å². The van der Waals surface area contributed by atoms with Crippen molar-refractivity contribution in [3.05, 3.63) is 12.3 Å². The Bertz CT molecular complexity index is 85.2. The Hall–Kier alpha value is -0.460. The predicted molar refractivity (Wildman–Crippen MR) is 54.1 cm³/mol. The molecule has 0 N–H and O–H groups in total. The predicted octanol–water partition coefficient (Wildman–Crippen LogP) is 3.90. The molecule has 1 heteroatoms. The molecule has 0 amide bonds. The van der Waals surface area contributed by atoms with Crippen molar-refractivity contribution < 1.29 is 4.74 Å². The van der Waals surface area contributed by atoms with Gasteiger partial charge in [-0.15, -0.1) is 0 Å². The Balaban J connectivity index is 2.93. The lowest BCUT2D eigenvalue weighted by Gasteiger charge is -1.97. The summed E-state index contributed by atoms with van der Waals surface area (Å²) in [6, 6.07) is 0. The van der Waals surface area contributed by atoms with E-state index in [1.165, 1.54) is 38.5 Å². The third-order valence-corrected chi connectivity index (χ3v) is 1.78. The van der Waals surface area contributed by atoms with Crippen LogP contribution in [0.4, 0.5) is 0 Å². The van der Waals surface area contributed by atoms with Crippen molar-refractivity contribution in [3.8, 4) is 0 Å². The van der Waals surface area contributed by atoms with Crippen LogP contribution < -0.4 is 0 Å². The highest BCUT2D eigenvalue weighted by Crippen LogP contribution is 1.99. The molecule has 0 unspecified atom stereocenters. The van der Waals surface area contributed by atoms with Crippen molar-refractivity contribution >= 4 is 0 Å². The summed E-state index contributed by atoms with van der Waals surface area (Å²) in [6.45, 7) is 5.27. The minimum atomic E-state index is 0.876. The molecule has 0 bridgehead atoms. The molecule has 0 aliphatic heterocycles. The number of hydrogen-bond donors (Lipinski definition) is 0. The average Bonchev–Trinajstić information content (AvgIpc) is 2.10. The van der Waals surface area contributed by atoms with Crippen molar-refractivity contribution in [1.82, 2.24) is 0 Å². The molecule has 0 aromatic rings. The van der Waals surface area contributed by atoms with Crippen LogP contribution >= 0.6 is 0 Å². The highest BCUT2D eigenvalue weighted by atomic mass is 16.5. The molecule has 0 saturated heterocycles. The van der Waals surface area contributed by atoms with E-state index in [0.717, 1.165) is 6.61 Å². The molecular formula is C11H22O. The maximum Gasteiger partial charge on any atom is 0.0873 e. The fourth-order valence-corrected chi connectivity index (χ4v) is 0.944. The van der Waals surface area contributed by atoms with E-state index in [0.29, 0.717) is 0 Å². The van der Waals surface area contributed by atoms with Crippen LogP contribution in [0.2, 0.25) is 0 Å². The molecule has 0 radical (unpaired) electrons. The van der Waals surface area contributed by atoms with Gasteiger partial charge in [0.05, 0.1) is 12.9 Å². The summed E-state index contributed by atoms with van der Waals surface area (Å²) in [5, 5.41) is 0. The normalized spacial score (nSPS) is 10.8. The third kappa shape index (κ3) is 9.54. The zero-order chi connectivity index (χ0) is 9.07. The van der Waals surface area contributed by atoms with Crippen LogP contribution in [0.1, 0.15) is 52.4 Å². The van der Waals surface area contributed by atoms with Crippen LogP contribution in [-0.4, -0.2) is 6.61 Å². The Labute approximate surface area is 76.8 Å². The first-order chi connectivity index (χ1) is 5.91. The molecule has 0 aliphatic carbocycles. The number of ether oxygens (including phenoxy) is 1. The summed E-state index contributed by atoms with van der Waals surface area (Å²) in [7, 11) is 0. The van der Waals surface area contributed by atoms with Crippen LogP contribution in [0.15, 0.2) is 12.3 Å². The smallest absolute Gasteiger partial charge is 0.0873 e. The van der Waals surface area contributed by atoms with Crippen LogP contribution in [0.25, 0.3) is 0 Å². The van der Waals surface area contributed by atoms with Gasteiger partial charge < -0.3 is 4.74 Å². The maximum absolute atomic E-state index is 5.27. The van der Waals surface area contributed by atoms with Crippen molar-refractivity contribution in [2.45, 2.75) is 52.4 Å². The summed E-state index contributed by atoms with van der Waals surface area (Å²) >= 11 is 0. The molecule has 12 heavy (non-hydrogen) atoms. The summed E-state index contributed by atoms with van der Waals surface area (Å²) in [6.07, 6.45) is 11.5. The minimum absolute atomic E-state index is 0.876. The van der Waals surface area contributed by atoms with Gasteiger partial charge in [0, 0.05) is 0 Å². The Morgan fingerprint density at radius 3 is 2.42 bits per heavy atom. The summed E-state index contributed by atoms with van der Waals surface area (Å²) < 4.78 is 5.27. The molecule has 0 aliphatic rings. The molecule has 0 spiro atoms. The zero-order valence-electron chi connectivity index (χ0n) is 8.51. The lowest BCUT2D eigenvalue weighted by atomic mass is 10.2. The van der Waals surface area contributed by atoms with Gasteiger partial charge in [-0.2, -0.15) is 0 Å². The van der Waals surface area contributed by atoms with Gasteiger partial charge in [-0.3, -0.25) is 0 Å². The third-order valence-electron chi connectivity index (χ3n) is 1.78. The van der Waals surface area contributed by atoms with Crippen LogP contribution in [0.5, 0.6) is 0 Å². The van der Waals surface area contributed by atoms with E-state index in [9.17, 15) is 0 Å². The Kier molecular flexibility index (Phi) is 10.1. The van der Waals surface area contributed by atoms with Gasteiger partial charge in [-0.1, -0.05) is 33.1 Å². The summed E-state index contributed by atoms with van der Waals surface area (Å²) in [5.41, 5.74) is 0. The lowest BCUT2D eigenvalue weighted by molar-refractivity contribution is 0.242. The molecule has 0 aromatic carbocycles. The topological polar surface area (TPSA) is 9.23 Å². The standard InChI is InChI=1S/C11H22O/c1-3-5-7-8-9-11-12-10-6-4-2/h9,11H,3-8,10H2,1-2H3. The summed E-state index contributed by atoms with van der Waals surface area (Å²) in [4.78, 5) is 0. The van der Waals surface area contributed by atoms with Gasteiger partial charge >= 0.3 is 0 Å². The highest BCUT2D eigenvalue weighted by molar-refractivity contribution is 4.72. The molecule has 0 fully saturated rings. The van der Waals surface area contributed by atoms with E-state index in [4.69, 9.17) is 4.74 Å². The quantitative estimate of drug-likeness (QED) is 0.396. The fraction of sp³-hybridized carbons (Fsp3) is 0.818. The van der Waals surface area contributed by atoms with E-state index in [1.54, 1.807) is 0 Å². The van der Waals surface area contributed by atoms with Crippen molar-refractivity contribution in [2.75, 3.05) is 6.61 Å². The largest absolute Gasteiger partial charge is 0.502 e. The average molecular weight is 170 g/mol. The molecule has 0 heterocycles. The number of rotatable bonds is 8. The van der Waals surface area contributed by atoms with Crippen molar-refractivity contribution in [2.24, 2.45) is 0 Å². The van der Waals surface area contributed by atoms with Crippen molar-refractivity contribution in [1.29, 1.82) is 0 Å². The van der Waals surface area contributed by atoms with Gasteiger partial charge in [0.1, 0.15) is 0 Å². The zero-order valence-corrected chi connectivity index (χ0v) is 8.51. The first-order valence-corrected chi connectivity index (χ1v) is 5.18. The SMILES string of the molecule is CCCCCC=COCCCC. The lowest BCUT2D eigenvalue weighted by Crippen LogP contribution is -1.84.